The van der Waals surface area contributed by atoms with Crippen LogP contribution in [-0.2, 0) is 0 Å². The highest BCUT2D eigenvalue weighted by atomic mass is 32.2. The van der Waals surface area contributed by atoms with Crippen molar-refractivity contribution < 1.29 is 5.11 Å². The first-order valence-electron chi connectivity index (χ1n) is 6.54. The van der Waals surface area contributed by atoms with Crippen LogP contribution in [0.2, 0.25) is 0 Å². The molecule has 1 aliphatic carbocycles. The van der Waals surface area contributed by atoms with Gasteiger partial charge in [0.05, 0.1) is 5.60 Å². The minimum Gasteiger partial charge on any atom is -0.389 e. The Balaban J connectivity index is 2.36. The van der Waals surface area contributed by atoms with Gasteiger partial charge in [-0.2, -0.15) is 11.8 Å². The third-order valence-corrected chi connectivity index (χ3v) is 5.12. The summed E-state index contributed by atoms with van der Waals surface area (Å²) in [5.41, 5.74) is -0.579. The number of hydrogen-bond acceptors (Lipinski definition) is 3. The van der Waals surface area contributed by atoms with Crippen LogP contribution in [0, 0.1) is 5.92 Å². The van der Waals surface area contributed by atoms with E-state index in [0.29, 0.717) is 12.0 Å². The first-order chi connectivity index (χ1) is 7.47. The van der Waals surface area contributed by atoms with Gasteiger partial charge in [0.15, 0.2) is 0 Å². The molecule has 3 unspecified atom stereocenters. The molecule has 0 aliphatic heterocycles. The molecule has 0 heterocycles. The maximum absolute atomic E-state index is 10.2. The molecule has 1 aliphatic rings. The van der Waals surface area contributed by atoms with Crippen molar-refractivity contribution in [3.8, 4) is 0 Å². The fourth-order valence-corrected chi connectivity index (χ4v) is 3.34. The van der Waals surface area contributed by atoms with Gasteiger partial charge in [0.2, 0.25) is 0 Å². The second-order valence-electron chi connectivity index (χ2n) is 5.42. The maximum atomic E-state index is 10.2. The van der Waals surface area contributed by atoms with Crippen LogP contribution >= 0.6 is 11.8 Å². The molecular weight excluding hydrogens is 218 g/mol. The quantitative estimate of drug-likeness (QED) is 0.754. The first-order valence-corrected chi connectivity index (χ1v) is 7.59. The fourth-order valence-electron chi connectivity index (χ4n) is 2.11. The summed E-state index contributed by atoms with van der Waals surface area (Å²) in [5, 5.41) is 14.5. The number of aliphatic hydroxyl groups is 1. The topological polar surface area (TPSA) is 32.3 Å². The number of hydrogen-bond donors (Lipinski definition) is 2. The standard InChI is InChI=1S/C13H27NOS/c1-5-16-12-8-6-7-11(12)14-9-13(4,15)10(2)3/h10-12,14-15H,5-9H2,1-4H3. The minimum absolute atomic E-state index is 0.304. The maximum Gasteiger partial charge on any atom is 0.0766 e. The molecule has 3 atom stereocenters. The Hall–Kier alpha value is 0.270. The molecule has 1 rings (SSSR count). The van der Waals surface area contributed by atoms with Crippen molar-refractivity contribution in [2.24, 2.45) is 5.92 Å². The highest BCUT2D eigenvalue weighted by Gasteiger charge is 2.30. The second-order valence-corrected chi connectivity index (χ2v) is 6.94. The molecule has 0 saturated heterocycles. The van der Waals surface area contributed by atoms with Gasteiger partial charge in [0.1, 0.15) is 0 Å². The van der Waals surface area contributed by atoms with E-state index in [9.17, 15) is 5.11 Å². The van der Waals surface area contributed by atoms with Gasteiger partial charge in [-0.3, -0.25) is 0 Å². The second kappa shape index (κ2) is 6.27. The zero-order chi connectivity index (χ0) is 12.2. The van der Waals surface area contributed by atoms with E-state index in [1.807, 2.05) is 6.92 Å². The molecule has 0 spiro atoms. The molecule has 2 nitrogen and oxygen atoms in total. The molecule has 2 N–H and O–H groups in total. The van der Waals surface area contributed by atoms with Crippen molar-refractivity contribution in [3.05, 3.63) is 0 Å². The van der Waals surface area contributed by atoms with Gasteiger partial charge < -0.3 is 10.4 Å². The minimum atomic E-state index is -0.579. The first kappa shape index (κ1) is 14.3. The third kappa shape index (κ3) is 3.94. The van der Waals surface area contributed by atoms with E-state index in [2.05, 4.69) is 37.8 Å². The average Bonchev–Trinajstić information content (AvgIpc) is 2.63. The zero-order valence-electron chi connectivity index (χ0n) is 11.1. The largest absolute Gasteiger partial charge is 0.389 e. The Kier molecular flexibility index (Phi) is 5.62. The van der Waals surface area contributed by atoms with E-state index in [4.69, 9.17) is 0 Å². The van der Waals surface area contributed by atoms with E-state index in [-0.39, 0.29) is 0 Å². The van der Waals surface area contributed by atoms with Crippen LogP contribution in [0.25, 0.3) is 0 Å². The summed E-state index contributed by atoms with van der Waals surface area (Å²) in [6.45, 7) is 9.03. The smallest absolute Gasteiger partial charge is 0.0766 e. The third-order valence-electron chi connectivity index (χ3n) is 3.80. The van der Waals surface area contributed by atoms with Gasteiger partial charge in [-0.15, -0.1) is 0 Å². The molecule has 0 amide bonds. The van der Waals surface area contributed by atoms with Gasteiger partial charge in [-0.05, 0) is 31.4 Å². The Labute approximate surface area is 105 Å². The monoisotopic (exact) mass is 245 g/mol. The van der Waals surface area contributed by atoms with Crippen LogP contribution in [0.1, 0.15) is 47.0 Å². The normalized spacial score (nSPS) is 29.6. The van der Waals surface area contributed by atoms with E-state index in [0.717, 1.165) is 11.8 Å². The van der Waals surface area contributed by atoms with Gasteiger partial charge in [0, 0.05) is 17.8 Å². The molecule has 96 valence electrons. The Morgan fingerprint density at radius 1 is 1.44 bits per heavy atom. The lowest BCUT2D eigenvalue weighted by Crippen LogP contribution is -2.47. The summed E-state index contributed by atoms with van der Waals surface area (Å²) in [7, 11) is 0. The number of thioether (sulfide) groups is 1. The predicted octanol–water partition coefficient (Wildman–Crippen LogP) is 2.66. The van der Waals surface area contributed by atoms with E-state index >= 15 is 0 Å². The van der Waals surface area contributed by atoms with Gasteiger partial charge in [-0.1, -0.05) is 27.2 Å². The summed E-state index contributed by atoms with van der Waals surface area (Å²) >= 11 is 2.06. The summed E-state index contributed by atoms with van der Waals surface area (Å²) in [5.74, 6) is 1.50. The zero-order valence-corrected chi connectivity index (χ0v) is 11.9. The molecule has 1 saturated carbocycles. The Bertz CT molecular complexity index is 206. The number of rotatable bonds is 6. The summed E-state index contributed by atoms with van der Waals surface area (Å²) < 4.78 is 0. The summed E-state index contributed by atoms with van der Waals surface area (Å²) in [4.78, 5) is 0. The average molecular weight is 245 g/mol. The molecule has 0 aromatic carbocycles. The van der Waals surface area contributed by atoms with Gasteiger partial charge in [0.25, 0.3) is 0 Å². The van der Waals surface area contributed by atoms with Crippen LogP contribution < -0.4 is 5.32 Å². The van der Waals surface area contributed by atoms with Crippen LogP contribution in [0.3, 0.4) is 0 Å². The van der Waals surface area contributed by atoms with Crippen molar-refractivity contribution in [1.29, 1.82) is 0 Å². The van der Waals surface area contributed by atoms with Crippen molar-refractivity contribution >= 4 is 11.8 Å². The van der Waals surface area contributed by atoms with Crippen LogP contribution in [0.4, 0.5) is 0 Å². The lowest BCUT2D eigenvalue weighted by atomic mass is 9.92. The Morgan fingerprint density at radius 3 is 2.69 bits per heavy atom. The van der Waals surface area contributed by atoms with Crippen molar-refractivity contribution in [2.45, 2.75) is 63.9 Å². The SMILES string of the molecule is CCSC1CCCC1NCC(C)(O)C(C)C. The van der Waals surface area contributed by atoms with Crippen LogP contribution in [-0.4, -0.2) is 34.3 Å². The van der Waals surface area contributed by atoms with Crippen LogP contribution in [0.15, 0.2) is 0 Å². The highest BCUT2D eigenvalue weighted by Crippen LogP contribution is 2.30. The molecule has 0 radical (unpaired) electrons. The van der Waals surface area contributed by atoms with Gasteiger partial charge in [-0.25, -0.2) is 0 Å². The van der Waals surface area contributed by atoms with E-state index in [1.54, 1.807) is 0 Å². The van der Waals surface area contributed by atoms with E-state index in [1.165, 1.54) is 25.0 Å². The molecule has 0 bridgehead atoms. The number of nitrogens with one attached hydrogen (secondary N) is 1. The van der Waals surface area contributed by atoms with Crippen molar-refractivity contribution in [3.63, 3.8) is 0 Å². The predicted molar refractivity (Wildman–Crippen MR) is 73.0 cm³/mol. The molecule has 16 heavy (non-hydrogen) atoms. The molecule has 0 aromatic heterocycles. The molecule has 0 aromatic rings. The summed E-state index contributed by atoms with van der Waals surface area (Å²) in [6, 6.07) is 0.607. The molecular formula is C13H27NOS. The van der Waals surface area contributed by atoms with E-state index < -0.39 is 5.60 Å². The summed E-state index contributed by atoms with van der Waals surface area (Å²) in [6.07, 6.45) is 3.94. The lowest BCUT2D eigenvalue weighted by molar-refractivity contribution is 0.0121. The Morgan fingerprint density at radius 2 is 2.12 bits per heavy atom. The molecule has 1 fully saturated rings. The van der Waals surface area contributed by atoms with Crippen molar-refractivity contribution in [2.75, 3.05) is 12.3 Å². The lowest BCUT2D eigenvalue weighted by Gasteiger charge is -2.31. The van der Waals surface area contributed by atoms with Gasteiger partial charge >= 0.3 is 0 Å². The van der Waals surface area contributed by atoms with Crippen molar-refractivity contribution in [1.82, 2.24) is 5.32 Å². The fraction of sp³-hybridized carbons (Fsp3) is 1.00. The molecule has 3 heteroatoms. The highest BCUT2D eigenvalue weighted by molar-refractivity contribution is 7.99. The van der Waals surface area contributed by atoms with Crippen LogP contribution in [0.5, 0.6) is 0 Å².